The molecule has 0 aliphatic carbocycles. The molecule has 1 amide bonds. The third-order valence-corrected chi connectivity index (χ3v) is 4.04. The topological polar surface area (TPSA) is 99.2 Å². The van der Waals surface area contributed by atoms with E-state index in [-0.39, 0.29) is 5.78 Å². The van der Waals surface area contributed by atoms with Crippen molar-refractivity contribution in [2.75, 3.05) is 12.4 Å². The zero-order chi connectivity index (χ0) is 17.6. The Hall–Kier alpha value is -2.83. The van der Waals surface area contributed by atoms with E-state index >= 15 is 0 Å². The number of hydrogen-bond acceptors (Lipinski definition) is 5. The van der Waals surface area contributed by atoms with Crippen LogP contribution in [0, 0.1) is 6.92 Å². The first kappa shape index (κ1) is 16.0. The Kier molecular flexibility index (Phi) is 3.59. The number of aryl methyl sites for hydroxylation is 1. The highest BCUT2D eigenvalue weighted by atomic mass is 16.5. The van der Waals surface area contributed by atoms with E-state index < -0.39 is 11.5 Å². The largest absolute Gasteiger partial charge is 0.471 e. The molecule has 2 aromatic rings. The van der Waals surface area contributed by atoms with Crippen molar-refractivity contribution in [3.05, 3.63) is 35.0 Å². The van der Waals surface area contributed by atoms with Crippen LogP contribution in [0.1, 0.15) is 46.7 Å². The average Bonchev–Trinajstić information content (AvgIpc) is 2.81. The minimum absolute atomic E-state index is 0.0209. The number of primary amides is 1. The van der Waals surface area contributed by atoms with Gasteiger partial charge in [-0.2, -0.15) is 5.10 Å². The molecule has 24 heavy (non-hydrogen) atoms. The first-order valence-corrected chi connectivity index (χ1v) is 7.67. The molecule has 2 heterocycles. The van der Waals surface area contributed by atoms with Crippen LogP contribution < -0.4 is 15.8 Å². The molecule has 1 aromatic carbocycles. The summed E-state index contributed by atoms with van der Waals surface area (Å²) in [4.78, 5) is 23.9. The van der Waals surface area contributed by atoms with Crippen molar-refractivity contribution in [2.24, 2.45) is 5.73 Å². The molecule has 0 fully saturated rings. The Balaban J connectivity index is 2.17. The summed E-state index contributed by atoms with van der Waals surface area (Å²) in [7, 11) is 1.71. The van der Waals surface area contributed by atoms with Crippen LogP contribution in [0.5, 0.6) is 5.88 Å². The molecule has 0 bridgehead atoms. The fourth-order valence-electron chi connectivity index (χ4n) is 2.95. The zero-order valence-corrected chi connectivity index (χ0v) is 14.1. The van der Waals surface area contributed by atoms with Crippen molar-refractivity contribution in [3.63, 3.8) is 0 Å². The van der Waals surface area contributed by atoms with E-state index in [1.165, 1.54) is 0 Å². The molecule has 0 saturated carbocycles. The number of amides is 1. The van der Waals surface area contributed by atoms with E-state index in [9.17, 15) is 9.59 Å². The van der Waals surface area contributed by atoms with Crippen LogP contribution in [0.2, 0.25) is 0 Å². The van der Waals surface area contributed by atoms with Gasteiger partial charge in [-0.25, -0.2) is 4.68 Å². The fourth-order valence-corrected chi connectivity index (χ4v) is 2.95. The Morgan fingerprint density at radius 1 is 1.42 bits per heavy atom. The number of ether oxygens (including phenoxy) is 1. The van der Waals surface area contributed by atoms with E-state index in [1.807, 2.05) is 13.8 Å². The molecule has 1 aliphatic rings. The molecule has 126 valence electrons. The van der Waals surface area contributed by atoms with E-state index in [0.717, 1.165) is 0 Å². The first-order valence-electron chi connectivity index (χ1n) is 7.67. The summed E-state index contributed by atoms with van der Waals surface area (Å²) in [6, 6.07) is 5.11. The Morgan fingerprint density at radius 3 is 2.75 bits per heavy atom. The number of nitrogens with two attached hydrogens (primary N) is 1. The standard InChI is InChI=1S/C17H20N4O3/c1-9-14-13(22)8-17(2,3)24-16(14)21(20-9)10-5-6-11(15(18)23)12(7-10)19-4/h5-7,19H,8H2,1-4H3,(H2,18,23). The molecule has 0 unspecified atom stereocenters. The number of fused-ring (bicyclic) bond motifs is 1. The van der Waals surface area contributed by atoms with Gasteiger partial charge >= 0.3 is 0 Å². The Labute approximate surface area is 139 Å². The lowest BCUT2D eigenvalue weighted by atomic mass is 9.94. The van der Waals surface area contributed by atoms with Gasteiger partial charge in [-0.05, 0) is 39.0 Å². The predicted octanol–water partition coefficient (Wildman–Crippen LogP) is 2.07. The van der Waals surface area contributed by atoms with Crippen LogP contribution in [0.15, 0.2) is 18.2 Å². The number of anilines is 1. The monoisotopic (exact) mass is 328 g/mol. The number of ketones is 1. The Bertz CT molecular complexity index is 852. The molecule has 7 nitrogen and oxygen atoms in total. The van der Waals surface area contributed by atoms with E-state index in [0.29, 0.717) is 40.5 Å². The van der Waals surface area contributed by atoms with Gasteiger partial charge in [0.05, 0.1) is 23.4 Å². The van der Waals surface area contributed by atoms with Crippen molar-refractivity contribution < 1.29 is 14.3 Å². The number of Topliss-reactive ketones (excluding diaryl/α,β-unsaturated/α-hetero) is 1. The first-order chi connectivity index (χ1) is 11.2. The van der Waals surface area contributed by atoms with Gasteiger partial charge in [0, 0.05) is 12.7 Å². The van der Waals surface area contributed by atoms with Gasteiger partial charge in [0.1, 0.15) is 11.2 Å². The van der Waals surface area contributed by atoms with Crippen LogP contribution >= 0.6 is 0 Å². The van der Waals surface area contributed by atoms with E-state index in [1.54, 1.807) is 36.9 Å². The van der Waals surface area contributed by atoms with Crippen molar-refractivity contribution in [2.45, 2.75) is 32.8 Å². The second-order valence-corrected chi connectivity index (χ2v) is 6.48. The number of carbonyl (C=O) groups excluding carboxylic acids is 2. The SMILES string of the molecule is CNc1cc(-n2nc(C)c3c2OC(C)(C)CC3=O)ccc1C(N)=O. The number of nitrogens with one attached hydrogen (secondary N) is 1. The fraction of sp³-hybridized carbons (Fsp3) is 0.353. The number of rotatable bonds is 3. The van der Waals surface area contributed by atoms with Crippen molar-refractivity contribution in [1.29, 1.82) is 0 Å². The van der Waals surface area contributed by atoms with Gasteiger partial charge in [0.15, 0.2) is 5.78 Å². The lowest BCUT2D eigenvalue weighted by molar-refractivity contribution is 0.0579. The molecule has 3 rings (SSSR count). The van der Waals surface area contributed by atoms with Crippen molar-refractivity contribution >= 4 is 17.4 Å². The highest BCUT2D eigenvalue weighted by molar-refractivity contribution is 6.01. The third-order valence-electron chi connectivity index (χ3n) is 4.04. The second-order valence-electron chi connectivity index (χ2n) is 6.48. The van der Waals surface area contributed by atoms with Crippen LogP contribution in [0.3, 0.4) is 0 Å². The molecular weight excluding hydrogens is 308 g/mol. The highest BCUT2D eigenvalue weighted by Gasteiger charge is 2.37. The molecule has 3 N–H and O–H groups in total. The average molecular weight is 328 g/mol. The van der Waals surface area contributed by atoms with E-state index in [4.69, 9.17) is 10.5 Å². The summed E-state index contributed by atoms with van der Waals surface area (Å²) in [5.74, 6) is -0.0626. The second kappa shape index (κ2) is 5.36. The molecule has 0 saturated heterocycles. The van der Waals surface area contributed by atoms with E-state index in [2.05, 4.69) is 10.4 Å². The summed E-state index contributed by atoms with van der Waals surface area (Å²) < 4.78 is 7.61. The molecular formula is C17H20N4O3. The smallest absolute Gasteiger partial charge is 0.250 e. The molecule has 0 spiro atoms. The van der Waals surface area contributed by atoms with Crippen molar-refractivity contribution in [3.8, 4) is 11.6 Å². The van der Waals surface area contributed by atoms with Gasteiger partial charge < -0.3 is 15.8 Å². The molecule has 0 radical (unpaired) electrons. The van der Waals surface area contributed by atoms with Gasteiger partial charge in [-0.1, -0.05) is 0 Å². The number of carbonyl (C=O) groups is 2. The maximum absolute atomic E-state index is 12.4. The molecule has 0 atom stereocenters. The number of nitrogens with zero attached hydrogens (tertiary/aromatic N) is 2. The highest BCUT2D eigenvalue weighted by Crippen LogP contribution is 2.37. The zero-order valence-electron chi connectivity index (χ0n) is 14.1. The van der Waals surface area contributed by atoms with Crippen LogP contribution in [-0.4, -0.2) is 34.1 Å². The van der Waals surface area contributed by atoms with Gasteiger partial charge in [0.2, 0.25) is 5.88 Å². The normalized spacial score (nSPS) is 15.6. The summed E-state index contributed by atoms with van der Waals surface area (Å²) in [5.41, 5.74) is 7.57. The van der Waals surface area contributed by atoms with Crippen LogP contribution in [-0.2, 0) is 0 Å². The Morgan fingerprint density at radius 2 is 2.12 bits per heavy atom. The number of aromatic nitrogens is 2. The summed E-state index contributed by atoms with van der Waals surface area (Å²) in [5, 5.41) is 7.40. The number of hydrogen-bond donors (Lipinski definition) is 2. The third kappa shape index (κ3) is 2.51. The maximum Gasteiger partial charge on any atom is 0.250 e. The molecule has 1 aromatic heterocycles. The predicted molar refractivity (Wildman–Crippen MR) is 90.0 cm³/mol. The molecule has 7 heteroatoms. The summed E-state index contributed by atoms with van der Waals surface area (Å²) in [6.45, 7) is 5.52. The van der Waals surface area contributed by atoms with Crippen LogP contribution in [0.25, 0.3) is 5.69 Å². The maximum atomic E-state index is 12.4. The minimum Gasteiger partial charge on any atom is -0.471 e. The quantitative estimate of drug-likeness (QED) is 0.898. The van der Waals surface area contributed by atoms with Gasteiger partial charge in [-0.15, -0.1) is 0 Å². The summed E-state index contributed by atoms with van der Waals surface area (Å²) in [6.07, 6.45) is 0.314. The lowest BCUT2D eigenvalue weighted by Gasteiger charge is -2.30. The lowest BCUT2D eigenvalue weighted by Crippen LogP contribution is -2.36. The van der Waals surface area contributed by atoms with Gasteiger partial charge in [-0.3, -0.25) is 9.59 Å². The summed E-state index contributed by atoms with van der Waals surface area (Å²) >= 11 is 0. The molecule has 1 aliphatic heterocycles. The van der Waals surface area contributed by atoms with Gasteiger partial charge in [0.25, 0.3) is 5.91 Å². The minimum atomic E-state index is -0.590. The number of benzene rings is 1. The van der Waals surface area contributed by atoms with Crippen molar-refractivity contribution in [1.82, 2.24) is 9.78 Å². The van der Waals surface area contributed by atoms with Crippen LogP contribution in [0.4, 0.5) is 5.69 Å².